The van der Waals surface area contributed by atoms with Crippen molar-refractivity contribution in [2.24, 2.45) is 11.8 Å². The van der Waals surface area contributed by atoms with Crippen molar-refractivity contribution < 1.29 is 4.74 Å². The van der Waals surface area contributed by atoms with E-state index in [0.29, 0.717) is 10.9 Å². The summed E-state index contributed by atoms with van der Waals surface area (Å²) in [5.74, 6) is 1.49. The Balaban J connectivity index is 2.17. The molecule has 1 saturated carbocycles. The lowest BCUT2D eigenvalue weighted by molar-refractivity contribution is 0.0597. The second-order valence-corrected chi connectivity index (χ2v) is 4.84. The van der Waals surface area contributed by atoms with Crippen LogP contribution in [0.3, 0.4) is 0 Å². The normalized spacial score (nSPS) is 46.2. The molecular weight excluding hydrogens is 216 g/mol. The van der Waals surface area contributed by atoms with Gasteiger partial charge in [-0.15, -0.1) is 0 Å². The lowest BCUT2D eigenvalue weighted by Crippen LogP contribution is -2.26. The van der Waals surface area contributed by atoms with E-state index in [1.165, 1.54) is 12.8 Å². The Morgan fingerprint density at radius 3 is 3.00 bits per heavy atom. The second kappa shape index (κ2) is 3.51. The number of rotatable bonds is 1. The fraction of sp³-hybridized carbons (Fsp3) is 0.800. The molecule has 0 N–H and O–H groups in total. The Morgan fingerprint density at radius 2 is 2.25 bits per heavy atom. The van der Waals surface area contributed by atoms with Crippen LogP contribution in [0.4, 0.5) is 0 Å². The van der Waals surface area contributed by atoms with Crippen molar-refractivity contribution in [3.63, 3.8) is 0 Å². The van der Waals surface area contributed by atoms with Gasteiger partial charge in [-0.05, 0) is 31.1 Å². The SMILES string of the molecule is CO[C@@H]1CC=C[C@H]2CC[C@@H]1[C@H]2Br. The summed E-state index contributed by atoms with van der Waals surface area (Å²) >= 11 is 3.78. The van der Waals surface area contributed by atoms with E-state index >= 15 is 0 Å². The first kappa shape index (κ1) is 8.76. The van der Waals surface area contributed by atoms with E-state index in [1.54, 1.807) is 0 Å². The first-order valence-corrected chi connectivity index (χ1v) is 5.58. The minimum absolute atomic E-state index is 0.443. The van der Waals surface area contributed by atoms with Gasteiger partial charge in [0.2, 0.25) is 0 Å². The van der Waals surface area contributed by atoms with E-state index in [2.05, 4.69) is 28.1 Å². The Hall–Kier alpha value is 0.180. The zero-order valence-corrected chi connectivity index (χ0v) is 8.96. The number of halogens is 1. The maximum absolute atomic E-state index is 5.49. The number of ether oxygens (including phenoxy) is 1. The van der Waals surface area contributed by atoms with Gasteiger partial charge in [-0.2, -0.15) is 0 Å². The highest BCUT2D eigenvalue weighted by atomic mass is 79.9. The fourth-order valence-electron chi connectivity index (χ4n) is 2.45. The first-order chi connectivity index (χ1) is 5.83. The minimum Gasteiger partial charge on any atom is -0.381 e. The molecule has 1 fully saturated rings. The van der Waals surface area contributed by atoms with Crippen LogP contribution in [0.25, 0.3) is 0 Å². The Morgan fingerprint density at radius 1 is 1.42 bits per heavy atom. The third kappa shape index (κ3) is 1.35. The Bertz CT molecular complexity index is 190. The predicted molar refractivity (Wildman–Crippen MR) is 53.5 cm³/mol. The lowest BCUT2D eigenvalue weighted by Gasteiger charge is -2.22. The summed E-state index contributed by atoms with van der Waals surface area (Å²) in [6.45, 7) is 0. The van der Waals surface area contributed by atoms with Crippen LogP contribution in [0.1, 0.15) is 19.3 Å². The summed E-state index contributed by atoms with van der Waals surface area (Å²) in [7, 11) is 1.83. The molecule has 1 nitrogen and oxygen atoms in total. The van der Waals surface area contributed by atoms with Crippen molar-refractivity contribution in [2.45, 2.75) is 30.2 Å². The van der Waals surface area contributed by atoms with E-state index in [-0.39, 0.29) is 0 Å². The van der Waals surface area contributed by atoms with Gasteiger partial charge in [0.05, 0.1) is 6.10 Å². The van der Waals surface area contributed by atoms with Crippen molar-refractivity contribution in [3.8, 4) is 0 Å². The molecule has 2 rings (SSSR count). The van der Waals surface area contributed by atoms with E-state index in [9.17, 15) is 0 Å². The largest absolute Gasteiger partial charge is 0.381 e. The van der Waals surface area contributed by atoms with Crippen molar-refractivity contribution in [2.75, 3.05) is 7.11 Å². The number of alkyl halides is 1. The smallest absolute Gasteiger partial charge is 0.0644 e. The van der Waals surface area contributed by atoms with Crippen LogP contribution in [0.2, 0.25) is 0 Å². The summed E-state index contributed by atoms with van der Waals surface area (Å²) in [5, 5.41) is 0. The first-order valence-electron chi connectivity index (χ1n) is 4.66. The Kier molecular flexibility index (Phi) is 2.56. The van der Waals surface area contributed by atoms with Crippen molar-refractivity contribution >= 4 is 15.9 Å². The topological polar surface area (TPSA) is 9.23 Å². The van der Waals surface area contributed by atoms with E-state index in [0.717, 1.165) is 18.3 Å². The number of fused-ring (bicyclic) bond motifs is 2. The van der Waals surface area contributed by atoms with E-state index in [4.69, 9.17) is 4.74 Å². The lowest BCUT2D eigenvalue weighted by atomic mass is 9.99. The maximum Gasteiger partial charge on any atom is 0.0644 e. The summed E-state index contributed by atoms with van der Waals surface area (Å²) in [4.78, 5) is 0.654. The summed E-state index contributed by atoms with van der Waals surface area (Å²) in [6, 6.07) is 0. The average molecular weight is 231 g/mol. The molecule has 2 bridgehead atoms. The molecule has 0 aromatic carbocycles. The maximum atomic E-state index is 5.49. The molecule has 2 heteroatoms. The van der Waals surface area contributed by atoms with Crippen molar-refractivity contribution in [3.05, 3.63) is 12.2 Å². The van der Waals surface area contributed by atoms with Crippen LogP contribution in [-0.2, 0) is 4.74 Å². The van der Waals surface area contributed by atoms with Gasteiger partial charge in [0.15, 0.2) is 0 Å². The monoisotopic (exact) mass is 230 g/mol. The molecule has 0 aromatic heterocycles. The van der Waals surface area contributed by atoms with Crippen molar-refractivity contribution in [1.29, 1.82) is 0 Å². The molecule has 0 unspecified atom stereocenters. The molecule has 0 aromatic rings. The molecule has 12 heavy (non-hydrogen) atoms. The second-order valence-electron chi connectivity index (χ2n) is 3.79. The minimum atomic E-state index is 0.443. The number of methoxy groups -OCH3 is 1. The highest BCUT2D eigenvalue weighted by molar-refractivity contribution is 9.09. The summed E-state index contributed by atoms with van der Waals surface area (Å²) in [6.07, 6.45) is 8.84. The van der Waals surface area contributed by atoms with Gasteiger partial charge in [0.25, 0.3) is 0 Å². The zero-order chi connectivity index (χ0) is 8.55. The molecule has 0 amide bonds. The molecule has 0 saturated heterocycles. The third-order valence-corrected chi connectivity index (χ3v) is 4.54. The van der Waals surface area contributed by atoms with Gasteiger partial charge >= 0.3 is 0 Å². The van der Waals surface area contributed by atoms with Crippen LogP contribution in [0.15, 0.2) is 12.2 Å². The van der Waals surface area contributed by atoms with Gasteiger partial charge in [-0.3, -0.25) is 0 Å². The predicted octanol–water partition coefficient (Wildman–Crippen LogP) is 2.75. The fourth-order valence-corrected chi connectivity index (χ4v) is 3.49. The van der Waals surface area contributed by atoms with Crippen LogP contribution >= 0.6 is 15.9 Å². The molecule has 2 aliphatic carbocycles. The number of hydrogen-bond donors (Lipinski definition) is 0. The molecule has 0 radical (unpaired) electrons. The van der Waals surface area contributed by atoms with E-state index in [1.807, 2.05) is 7.11 Å². The molecule has 68 valence electrons. The van der Waals surface area contributed by atoms with Crippen LogP contribution in [-0.4, -0.2) is 18.0 Å². The van der Waals surface area contributed by atoms with Gasteiger partial charge in [-0.1, -0.05) is 28.1 Å². The molecule has 2 aliphatic rings. The molecule has 0 aliphatic heterocycles. The van der Waals surface area contributed by atoms with Crippen LogP contribution < -0.4 is 0 Å². The molecule has 4 atom stereocenters. The van der Waals surface area contributed by atoms with Gasteiger partial charge in [0.1, 0.15) is 0 Å². The van der Waals surface area contributed by atoms with Gasteiger partial charge < -0.3 is 4.74 Å². The zero-order valence-electron chi connectivity index (χ0n) is 7.37. The Labute approximate surface area is 82.3 Å². The average Bonchev–Trinajstić information content (AvgIpc) is 2.29. The standard InChI is InChI=1S/C10H15BrO/c1-12-9-4-2-3-7-5-6-8(9)10(7)11/h2-3,7-10H,4-6H2,1H3/t7-,8-,9+,10-/m0/s1. The van der Waals surface area contributed by atoms with Gasteiger partial charge in [0, 0.05) is 11.9 Å². The molecule has 0 heterocycles. The molecular formula is C10H15BrO. The number of allylic oxidation sites excluding steroid dienone is 1. The highest BCUT2D eigenvalue weighted by Crippen LogP contribution is 2.42. The van der Waals surface area contributed by atoms with Gasteiger partial charge in [-0.25, -0.2) is 0 Å². The van der Waals surface area contributed by atoms with E-state index < -0.39 is 0 Å². The summed E-state index contributed by atoms with van der Waals surface area (Å²) < 4.78 is 5.49. The molecule has 0 spiro atoms. The van der Waals surface area contributed by atoms with Crippen LogP contribution in [0.5, 0.6) is 0 Å². The number of hydrogen-bond acceptors (Lipinski definition) is 1. The quantitative estimate of drug-likeness (QED) is 0.498. The van der Waals surface area contributed by atoms with Crippen LogP contribution in [0, 0.1) is 11.8 Å². The van der Waals surface area contributed by atoms with Crippen molar-refractivity contribution in [1.82, 2.24) is 0 Å². The third-order valence-electron chi connectivity index (χ3n) is 3.18. The highest BCUT2D eigenvalue weighted by Gasteiger charge is 2.38. The summed E-state index contributed by atoms with van der Waals surface area (Å²) in [5.41, 5.74) is 0.